The molecule has 0 aromatic carbocycles. The van der Waals surface area contributed by atoms with Gasteiger partial charge in [-0.05, 0) is 24.5 Å². The molecule has 6 nitrogen and oxygen atoms in total. The van der Waals surface area contributed by atoms with Crippen molar-refractivity contribution < 1.29 is 19.4 Å². The third-order valence-corrected chi connectivity index (χ3v) is 2.81. The molecule has 1 unspecified atom stereocenters. The van der Waals surface area contributed by atoms with Gasteiger partial charge < -0.3 is 15.2 Å². The van der Waals surface area contributed by atoms with Crippen LogP contribution in [-0.2, 0) is 9.53 Å². The monoisotopic (exact) mass is 280 g/mol. The third kappa shape index (κ3) is 4.87. The number of nitrogens with one attached hydrogen (secondary N) is 1. The number of methoxy groups -OCH3 is 1. The first-order valence-electron chi connectivity index (χ1n) is 6.45. The molecule has 0 spiro atoms. The highest BCUT2D eigenvalue weighted by molar-refractivity contribution is 5.88. The maximum absolute atomic E-state index is 11.4. The van der Waals surface area contributed by atoms with Gasteiger partial charge in [-0.2, -0.15) is 0 Å². The predicted molar refractivity (Wildman–Crippen MR) is 74.6 cm³/mol. The van der Waals surface area contributed by atoms with Crippen molar-refractivity contribution in [1.29, 1.82) is 0 Å². The number of carbonyl (C=O) groups is 2. The fourth-order valence-corrected chi connectivity index (χ4v) is 1.84. The number of hydrogen-bond acceptors (Lipinski definition) is 5. The lowest BCUT2D eigenvalue weighted by molar-refractivity contribution is -0.141. The molecule has 110 valence electrons. The van der Waals surface area contributed by atoms with Crippen LogP contribution < -0.4 is 5.32 Å². The second-order valence-corrected chi connectivity index (χ2v) is 4.97. The molecule has 6 heteroatoms. The lowest BCUT2D eigenvalue weighted by atomic mass is 9.97. The second-order valence-electron chi connectivity index (χ2n) is 4.97. The summed E-state index contributed by atoms with van der Waals surface area (Å²) in [5.74, 6) is -1.51. The molecule has 1 heterocycles. The molecule has 0 aliphatic rings. The zero-order valence-electron chi connectivity index (χ0n) is 11.9. The average Bonchev–Trinajstić information content (AvgIpc) is 2.42. The molecule has 1 aromatic rings. The van der Waals surface area contributed by atoms with Crippen LogP contribution in [0.2, 0.25) is 0 Å². The third-order valence-electron chi connectivity index (χ3n) is 2.81. The number of aromatic nitrogens is 1. The van der Waals surface area contributed by atoms with Gasteiger partial charge in [-0.15, -0.1) is 0 Å². The molecule has 0 saturated carbocycles. The van der Waals surface area contributed by atoms with E-state index in [0.717, 1.165) is 0 Å². The van der Waals surface area contributed by atoms with Gasteiger partial charge in [-0.25, -0.2) is 9.78 Å². The summed E-state index contributed by atoms with van der Waals surface area (Å²) < 4.78 is 4.58. The van der Waals surface area contributed by atoms with Crippen molar-refractivity contribution >= 4 is 17.6 Å². The quantitative estimate of drug-likeness (QED) is 0.743. The van der Waals surface area contributed by atoms with Gasteiger partial charge in [0.25, 0.3) is 0 Å². The molecule has 20 heavy (non-hydrogen) atoms. The van der Waals surface area contributed by atoms with Crippen molar-refractivity contribution in [3.05, 3.63) is 24.0 Å². The van der Waals surface area contributed by atoms with E-state index < -0.39 is 17.9 Å². The standard InChI is InChI=1S/C14H20N2O4/c1-9(2)6-10(13(17)18)8-16-11-4-5-15-12(7-11)14(19)20-3/h4-5,7,9-10H,6,8H2,1-3H3,(H,15,16)(H,17,18). The normalized spacial score (nSPS) is 12.0. The highest BCUT2D eigenvalue weighted by Crippen LogP contribution is 2.15. The Hall–Kier alpha value is -2.11. The largest absolute Gasteiger partial charge is 0.481 e. The fourth-order valence-electron chi connectivity index (χ4n) is 1.84. The van der Waals surface area contributed by atoms with Gasteiger partial charge in [-0.3, -0.25) is 4.79 Å². The summed E-state index contributed by atoms with van der Waals surface area (Å²) in [5, 5.41) is 12.2. The van der Waals surface area contributed by atoms with E-state index in [2.05, 4.69) is 15.0 Å². The Kier molecular flexibility index (Phi) is 5.96. The minimum absolute atomic E-state index is 0.188. The summed E-state index contributed by atoms with van der Waals surface area (Å²) in [6, 6.07) is 3.22. The first kappa shape index (κ1) is 15.9. The summed E-state index contributed by atoms with van der Waals surface area (Å²) in [6.07, 6.45) is 2.07. The van der Waals surface area contributed by atoms with Crippen molar-refractivity contribution in [3.8, 4) is 0 Å². The predicted octanol–water partition coefficient (Wildman–Crippen LogP) is 2.03. The Labute approximate surface area is 118 Å². The molecule has 0 fully saturated rings. The molecule has 0 amide bonds. The number of ether oxygens (including phenoxy) is 1. The van der Waals surface area contributed by atoms with Crippen molar-refractivity contribution in [2.45, 2.75) is 20.3 Å². The fraction of sp³-hybridized carbons (Fsp3) is 0.500. The number of anilines is 1. The Morgan fingerprint density at radius 3 is 2.70 bits per heavy atom. The topological polar surface area (TPSA) is 88.5 Å². The zero-order chi connectivity index (χ0) is 15.1. The Morgan fingerprint density at radius 2 is 2.15 bits per heavy atom. The summed E-state index contributed by atoms with van der Waals surface area (Å²) >= 11 is 0. The van der Waals surface area contributed by atoms with Gasteiger partial charge in [0, 0.05) is 18.4 Å². The van der Waals surface area contributed by atoms with Gasteiger partial charge >= 0.3 is 11.9 Å². The molecular weight excluding hydrogens is 260 g/mol. The first-order valence-corrected chi connectivity index (χ1v) is 6.45. The van der Waals surface area contributed by atoms with Gasteiger partial charge in [0.2, 0.25) is 0 Å². The highest BCUT2D eigenvalue weighted by atomic mass is 16.5. The average molecular weight is 280 g/mol. The molecule has 0 bridgehead atoms. The molecule has 0 aliphatic carbocycles. The number of pyridine rings is 1. The van der Waals surface area contributed by atoms with Crippen molar-refractivity contribution in [1.82, 2.24) is 4.98 Å². The minimum atomic E-state index is -0.826. The van der Waals surface area contributed by atoms with E-state index in [1.54, 1.807) is 12.1 Å². The summed E-state index contributed by atoms with van der Waals surface area (Å²) in [4.78, 5) is 26.4. The molecule has 0 radical (unpaired) electrons. The van der Waals surface area contributed by atoms with E-state index in [1.807, 2.05) is 13.8 Å². The molecule has 1 aromatic heterocycles. The van der Waals surface area contributed by atoms with Gasteiger partial charge in [0.1, 0.15) is 5.69 Å². The van der Waals surface area contributed by atoms with Gasteiger partial charge in [0.05, 0.1) is 13.0 Å². The van der Waals surface area contributed by atoms with Crippen LogP contribution in [0.5, 0.6) is 0 Å². The number of nitrogens with zero attached hydrogens (tertiary/aromatic N) is 1. The highest BCUT2D eigenvalue weighted by Gasteiger charge is 2.18. The molecule has 0 saturated heterocycles. The second kappa shape index (κ2) is 7.47. The van der Waals surface area contributed by atoms with Crippen LogP contribution in [0.1, 0.15) is 30.8 Å². The van der Waals surface area contributed by atoms with Crippen LogP contribution in [0.3, 0.4) is 0 Å². The van der Waals surface area contributed by atoms with Crippen LogP contribution in [0.25, 0.3) is 0 Å². The Morgan fingerprint density at radius 1 is 1.45 bits per heavy atom. The molecule has 0 aliphatic heterocycles. The molecule has 1 atom stereocenters. The van der Waals surface area contributed by atoms with E-state index >= 15 is 0 Å². The number of carboxylic acids is 1. The van der Waals surface area contributed by atoms with Crippen LogP contribution in [-0.4, -0.2) is 35.7 Å². The van der Waals surface area contributed by atoms with Crippen LogP contribution in [0.4, 0.5) is 5.69 Å². The number of esters is 1. The molecule has 1 rings (SSSR count). The van der Waals surface area contributed by atoms with Crippen LogP contribution in [0, 0.1) is 11.8 Å². The minimum Gasteiger partial charge on any atom is -0.481 e. The maximum atomic E-state index is 11.4. The molecule has 2 N–H and O–H groups in total. The van der Waals surface area contributed by atoms with E-state index in [-0.39, 0.29) is 5.69 Å². The molecular formula is C14H20N2O4. The van der Waals surface area contributed by atoms with Crippen molar-refractivity contribution in [2.24, 2.45) is 11.8 Å². The number of aliphatic carboxylic acids is 1. The first-order chi connectivity index (χ1) is 9.43. The summed E-state index contributed by atoms with van der Waals surface area (Å²) in [5.41, 5.74) is 0.837. The number of carboxylic acid groups (broad SMARTS) is 1. The van der Waals surface area contributed by atoms with E-state index in [0.29, 0.717) is 24.6 Å². The maximum Gasteiger partial charge on any atom is 0.356 e. The van der Waals surface area contributed by atoms with Crippen molar-refractivity contribution in [3.63, 3.8) is 0 Å². The SMILES string of the molecule is COC(=O)c1cc(NCC(CC(C)C)C(=O)O)ccn1. The smallest absolute Gasteiger partial charge is 0.356 e. The lowest BCUT2D eigenvalue weighted by Crippen LogP contribution is -2.24. The van der Waals surface area contributed by atoms with Crippen LogP contribution in [0.15, 0.2) is 18.3 Å². The Bertz CT molecular complexity index is 474. The van der Waals surface area contributed by atoms with Gasteiger partial charge in [0.15, 0.2) is 0 Å². The van der Waals surface area contributed by atoms with Crippen LogP contribution >= 0.6 is 0 Å². The Balaban J connectivity index is 2.68. The summed E-state index contributed by atoms with van der Waals surface area (Å²) in [7, 11) is 1.28. The summed E-state index contributed by atoms with van der Waals surface area (Å²) in [6.45, 7) is 4.27. The van der Waals surface area contributed by atoms with E-state index in [4.69, 9.17) is 5.11 Å². The number of carbonyl (C=O) groups excluding carboxylic acids is 1. The van der Waals surface area contributed by atoms with Crippen molar-refractivity contribution in [2.75, 3.05) is 19.0 Å². The number of hydrogen-bond donors (Lipinski definition) is 2. The van der Waals surface area contributed by atoms with Gasteiger partial charge in [-0.1, -0.05) is 13.8 Å². The van der Waals surface area contributed by atoms with E-state index in [1.165, 1.54) is 13.3 Å². The lowest BCUT2D eigenvalue weighted by Gasteiger charge is -2.16. The van der Waals surface area contributed by atoms with E-state index in [9.17, 15) is 9.59 Å². The number of rotatable bonds is 7. The zero-order valence-corrected chi connectivity index (χ0v) is 11.9.